The van der Waals surface area contributed by atoms with E-state index >= 15 is 0 Å². The van der Waals surface area contributed by atoms with Crippen LogP contribution in [0.15, 0.2) is 18.2 Å². The van der Waals surface area contributed by atoms with Crippen LogP contribution in [0.2, 0.25) is 5.02 Å². The van der Waals surface area contributed by atoms with Crippen LogP contribution in [0.1, 0.15) is 26.3 Å². The van der Waals surface area contributed by atoms with Crippen LogP contribution in [0.25, 0.3) is 0 Å². The van der Waals surface area contributed by atoms with Crippen molar-refractivity contribution in [3.8, 4) is 0 Å². The van der Waals surface area contributed by atoms with E-state index in [0.717, 1.165) is 0 Å². The number of ether oxygens (including phenoxy) is 2. The molecule has 0 aromatic heterocycles. The molecule has 0 spiro atoms. The van der Waals surface area contributed by atoms with E-state index in [0.29, 0.717) is 0 Å². The summed E-state index contributed by atoms with van der Waals surface area (Å²) in [7, 11) is 0. The molecule has 0 bridgehead atoms. The molecule has 0 fully saturated rings. The second-order valence-corrected chi connectivity index (χ2v) is 6.16. The molecule has 23 heavy (non-hydrogen) atoms. The number of carbonyl (C=O) groups excluding carboxylic acids is 1. The van der Waals surface area contributed by atoms with Crippen LogP contribution in [0, 0.1) is 5.82 Å². The first-order chi connectivity index (χ1) is 10.6. The first-order valence-electron chi connectivity index (χ1n) is 6.83. The summed E-state index contributed by atoms with van der Waals surface area (Å²) >= 11 is 5.84. The third kappa shape index (κ3) is 6.83. The van der Waals surface area contributed by atoms with Gasteiger partial charge in [-0.3, -0.25) is 0 Å². The molecule has 0 aliphatic carbocycles. The van der Waals surface area contributed by atoms with Crippen LogP contribution in [-0.4, -0.2) is 35.4 Å². The van der Waals surface area contributed by atoms with Gasteiger partial charge in [-0.2, -0.15) is 0 Å². The van der Waals surface area contributed by atoms with E-state index in [1.807, 2.05) is 0 Å². The number of hydrogen-bond acceptors (Lipinski definition) is 4. The van der Waals surface area contributed by atoms with Crippen LogP contribution in [0.3, 0.4) is 0 Å². The summed E-state index contributed by atoms with van der Waals surface area (Å²) in [6.45, 7) is 4.38. The van der Waals surface area contributed by atoms with Crippen molar-refractivity contribution in [2.45, 2.75) is 39.0 Å². The molecule has 1 aromatic carbocycles. The van der Waals surface area contributed by atoms with Gasteiger partial charge >= 0.3 is 12.1 Å². The molecule has 1 unspecified atom stereocenters. The Balaban J connectivity index is 2.57. The van der Waals surface area contributed by atoms with Gasteiger partial charge in [0, 0.05) is 10.6 Å². The van der Waals surface area contributed by atoms with Crippen molar-refractivity contribution >= 4 is 23.7 Å². The Morgan fingerprint density at radius 1 is 1.39 bits per heavy atom. The number of hydrogen-bond donors (Lipinski definition) is 2. The predicted molar refractivity (Wildman–Crippen MR) is 81.9 cm³/mol. The molecule has 0 aliphatic rings. The third-order valence-corrected chi connectivity index (χ3v) is 2.94. The predicted octanol–water partition coefficient (Wildman–Crippen LogP) is 2.97. The molecule has 8 heteroatoms. The number of carboxylic acids is 1. The first-order valence-corrected chi connectivity index (χ1v) is 7.21. The van der Waals surface area contributed by atoms with Gasteiger partial charge in [-0.1, -0.05) is 17.7 Å². The Hall–Kier alpha value is -1.86. The lowest BCUT2D eigenvalue weighted by Gasteiger charge is -2.22. The summed E-state index contributed by atoms with van der Waals surface area (Å²) in [6, 6.07) is 2.84. The van der Waals surface area contributed by atoms with Crippen LogP contribution < -0.4 is 5.32 Å². The van der Waals surface area contributed by atoms with E-state index in [1.54, 1.807) is 20.8 Å². The van der Waals surface area contributed by atoms with E-state index < -0.39 is 29.5 Å². The number of alkyl carbamates (subject to hydrolysis) is 1. The molecular formula is C15H19ClFNO5. The Labute approximate surface area is 138 Å². The van der Waals surface area contributed by atoms with Gasteiger partial charge < -0.3 is 19.9 Å². The molecule has 128 valence electrons. The van der Waals surface area contributed by atoms with Gasteiger partial charge in [-0.25, -0.2) is 14.0 Å². The summed E-state index contributed by atoms with van der Waals surface area (Å²) < 4.78 is 23.7. The monoisotopic (exact) mass is 347 g/mol. The van der Waals surface area contributed by atoms with Gasteiger partial charge in [0.15, 0.2) is 6.04 Å². The molecule has 1 atom stereocenters. The van der Waals surface area contributed by atoms with Gasteiger partial charge in [0.2, 0.25) is 0 Å². The molecule has 0 saturated heterocycles. The number of rotatable bonds is 6. The van der Waals surface area contributed by atoms with Crippen molar-refractivity contribution in [1.82, 2.24) is 5.32 Å². The van der Waals surface area contributed by atoms with Crippen molar-refractivity contribution in [3.05, 3.63) is 34.6 Å². The Bertz CT molecular complexity index is 553. The molecule has 2 N–H and O–H groups in total. The fraction of sp³-hybridized carbons (Fsp3) is 0.467. The number of benzene rings is 1. The maximum atomic E-state index is 13.6. The molecule has 0 aliphatic heterocycles. The molecule has 1 amide bonds. The molecule has 0 heterocycles. The zero-order chi connectivity index (χ0) is 17.6. The van der Waals surface area contributed by atoms with Crippen LogP contribution in [0.4, 0.5) is 9.18 Å². The van der Waals surface area contributed by atoms with Gasteiger partial charge in [0.1, 0.15) is 11.4 Å². The molecule has 1 rings (SSSR count). The molecule has 6 nitrogen and oxygen atoms in total. The lowest BCUT2D eigenvalue weighted by atomic mass is 10.2. The Morgan fingerprint density at radius 2 is 2.04 bits per heavy atom. The number of carboxylic acid groups (broad SMARTS) is 1. The zero-order valence-electron chi connectivity index (χ0n) is 13.1. The van der Waals surface area contributed by atoms with Crippen LogP contribution in [0.5, 0.6) is 0 Å². The largest absolute Gasteiger partial charge is 0.480 e. The summed E-state index contributed by atoms with van der Waals surface area (Å²) in [5, 5.41) is 11.4. The minimum Gasteiger partial charge on any atom is -0.480 e. The second-order valence-electron chi connectivity index (χ2n) is 5.75. The van der Waals surface area contributed by atoms with Gasteiger partial charge in [0.25, 0.3) is 0 Å². The summed E-state index contributed by atoms with van der Waals surface area (Å²) in [4.78, 5) is 22.7. The molecule has 0 saturated carbocycles. The van der Waals surface area contributed by atoms with Crippen LogP contribution >= 0.6 is 11.6 Å². The molecular weight excluding hydrogens is 329 g/mol. The van der Waals surface area contributed by atoms with E-state index in [1.165, 1.54) is 18.2 Å². The van der Waals surface area contributed by atoms with Gasteiger partial charge in [-0.05, 0) is 32.9 Å². The van der Waals surface area contributed by atoms with E-state index in [9.17, 15) is 14.0 Å². The smallest absolute Gasteiger partial charge is 0.408 e. The number of halogens is 2. The van der Waals surface area contributed by atoms with Crippen molar-refractivity contribution in [1.29, 1.82) is 0 Å². The van der Waals surface area contributed by atoms with Crippen LogP contribution in [-0.2, 0) is 20.9 Å². The maximum Gasteiger partial charge on any atom is 0.408 e. The quantitative estimate of drug-likeness (QED) is 0.826. The van der Waals surface area contributed by atoms with Crippen molar-refractivity contribution in [3.63, 3.8) is 0 Å². The van der Waals surface area contributed by atoms with E-state index in [-0.39, 0.29) is 23.8 Å². The lowest BCUT2D eigenvalue weighted by molar-refractivity contribution is -0.141. The van der Waals surface area contributed by atoms with Crippen molar-refractivity contribution in [2.24, 2.45) is 0 Å². The highest BCUT2D eigenvalue weighted by molar-refractivity contribution is 6.31. The number of nitrogens with one attached hydrogen (secondary N) is 1. The minimum absolute atomic E-state index is 0.121. The SMILES string of the molecule is CC(C)(C)OC(=O)NC(COCc1c(F)cccc1Cl)C(=O)O. The average Bonchev–Trinajstić information content (AvgIpc) is 2.38. The van der Waals surface area contributed by atoms with E-state index in [4.69, 9.17) is 26.2 Å². The fourth-order valence-corrected chi connectivity index (χ4v) is 1.79. The molecule has 1 aromatic rings. The summed E-state index contributed by atoms with van der Waals surface area (Å²) in [5.74, 6) is -1.85. The highest BCUT2D eigenvalue weighted by atomic mass is 35.5. The summed E-state index contributed by atoms with van der Waals surface area (Å²) in [5.41, 5.74) is -0.634. The van der Waals surface area contributed by atoms with Crippen molar-refractivity contribution in [2.75, 3.05) is 6.61 Å². The number of carbonyl (C=O) groups is 2. The highest BCUT2D eigenvalue weighted by Gasteiger charge is 2.24. The number of amides is 1. The minimum atomic E-state index is -1.32. The average molecular weight is 348 g/mol. The second kappa shape index (κ2) is 8.12. The van der Waals surface area contributed by atoms with Gasteiger partial charge in [0.05, 0.1) is 13.2 Å². The standard InChI is InChI=1S/C15H19ClFNO5/c1-15(2,3)23-14(21)18-12(13(19)20)8-22-7-9-10(16)5-4-6-11(9)17/h4-6,12H,7-8H2,1-3H3,(H,18,21)(H,19,20). The Kier molecular flexibility index (Phi) is 6.78. The topological polar surface area (TPSA) is 84.9 Å². The lowest BCUT2D eigenvalue weighted by Crippen LogP contribution is -2.46. The number of aliphatic carboxylic acids is 1. The third-order valence-electron chi connectivity index (χ3n) is 2.58. The first kappa shape index (κ1) is 19.2. The van der Waals surface area contributed by atoms with Crippen molar-refractivity contribution < 1.29 is 28.6 Å². The highest BCUT2D eigenvalue weighted by Crippen LogP contribution is 2.19. The Morgan fingerprint density at radius 3 is 2.57 bits per heavy atom. The normalized spacial score (nSPS) is 12.6. The molecule has 0 radical (unpaired) electrons. The zero-order valence-corrected chi connectivity index (χ0v) is 13.8. The maximum absolute atomic E-state index is 13.6. The van der Waals surface area contributed by atoms with Gasteiger partial charge in [-0.15, -0.1) is 0 Å². The van der Waals surface area contributed by atoms with E-state index in [2.05, 4.69) is 5.32 Å². The summed E-state index contributed by atoms with van der Waals surface area (Å²) in [6.07, 6.45) is -0.877. The fourth-order valence-electron chi connectivity index (χ4n) is 1.57.